The highest BCUT2D eigenvalue weighted by molar-refractivity contribution is 5.95. The fourth-order valence-electron chi connectivity index (χ4n) is 1.72. The molecule has 0 aliphatic rings. The second-order valence-electron chi connectivity index (χ2n) is 4.81. The SMILES string of the molecule is CCc1cc(C(=O)NC(CC(C)C)C(=O)OC)n[nH]1. The standard InChI is InChI=1S/C13H21N3O3/c1-5-9-7-10(16-15-9)12(17)14-11(6-8(2)3)13(18)19-4/h7-8,11H,5-6H2,1-4H3,(H,14,17)(H,15,16). The third-order valence-electron chi connectivity index (χ3n) is 2.74. The van der Waals surface area contributed by atoms with E-state index in [0.717, 1.165) is 12.1 Å². The molecular weight excluding hydrogens is 246 g/mol. The molecular formula is C13H21N3O3. The summed E-state index contributed by atoms with van der Waals surface area (Å²) in [4.78, 5) is 23.6. The number of rotatable bonds is 6. The molecule has 1 amide bonds. The van der Waals surface area contributed by atoms with Gasteiger partial charge in [-0.2, -0.15) is 5.10 Å². The van der Waals surface area contributed by atoms with Crippen molar-refractivity contribution < 1.29 is 14.3 Å². The predicted octanol–water partition coefficient (Wildman–Crippen LogP) is 1.29. The van der Waals surface area contributed by atoms with Crippen LogP contribution in [-0.4, -0.2) is 35.2 Å². The minimum atomic E-state index is -0.640. The fraction of sp³-hybridized carbons (Fsp3) is 0.615. The Morgan fingerprint density at radius 1 is 1.47 bits per heavy atom. The number of carbonyl (C=O) groups is 2. The van der Waals surface area contributed by atoms with E-state index in [1.54, 1.807) is 6.07 Å². The van der Waals surface area contributed by atoms with Crippen molar-refractivity contribution in [2.24, 2.45) is 5.92 Å². The predicted molar refractivity (Wildman–Crippen MR) is 70.7 cm³/mol. The molecule has 2 N–H and O–H groups in total. The summed E-state index contributed by atoms with van der Waals surface area (Å²) in [6.07, 6.45) is 1.30. The summed E-state index contributed by atoms with van der Waals surface area (Å²) in [6.45, 7) is 5.92. The summed E-state index contributed by atoms with van der Waals surface area (Å²) < 4.78 is 4.69. The van der Waals surface area contributed by atoms with Crippen LogP contribution in [0.3, 0.4) is 0 Å². The molecule has 1 atom stereocenters. The highest BCUT2D eigenvalue weighted by atomic mass is 16.5. The molecule has 0 radical (unpaired) electrons. The van der Waals surface area contributed by atoms with E-state index < -0.39 is 12.0 Å². The monoisotopic (exact) mass is 267 g/mol. The summed E-state index contributed by atoms with van der Waals surface area (Å²) in [5, 5.41) is 9.34. The molecule has 0 aromatic carbocycles. The number of hydrogen-bond acceptors (Lipinski definition) is 4. The van der Waals surface area contributed by atoms with Crippen LogP contribution >= 0.6 is 0 Å². The van der Waals surface area contributed by atoms with Crippen LogP contribution < -0.4 is 5.32 Å². The number of nitrogens with zero attached hydrogens (tertiary/aromatic N) is 1. The number of carbonyl (C=O) groups excluding carboxylic acids is 2. The highest BCUT2D eigenvalue weighted by Crippen LogP contribution is 2.08. The number of aromatic amines is 1. The molecule has 0 spiro atoms. The molecule has 0 aliphatic carbocycles. The maximum absolute atomic E-state index is 12.0. The van der Waals surface area contributed by atoms with E-state index in [9.17, 15) is 9.59 Å². The average Bonchev–Trinajstić information content (AvgIpc) is 2.85. The van der Waals surface area contributed by atoms with Crippen LogP contribution in [0, 0.1) is 5.92 Å². The zero-order valence-electron chi connectivity index (χ0n) is 11.8. The second kappa shape index (κ2) is 6.92. The summed E-state index contributed by atoms with van der Waals surface area (Å²) in [6, 6.07) is 1.04. The lowest BCUT2D eigenvalue weighted by atomic mass is 10.0. The zero-order chi connectivity index (χ0) is 14.4. The molecule has 1 aromatic heterocycles. The van der Waals surface area contributed by atoms with Crippen molar-refractivity contribution in [2.45, 2.75) is 39.7 Å². The molecule has 106 valence electrons. The third kappa shape index (κ3) is 4.39. The van der Waals surface area contributed by atoms with Gasteiger partial charge in [0, 0.05) is 5.69 Å². The first-order chi connectivity index (χ1) is 8.97. The Hall–Kier alpha value is -1.85. The van der Waals surface area contributed by atoms with Gasteiger partial charge in [0.05, 0.1) is 7.11 Å². The maximum Gasteiger partial charge on any atom is 0.328 e. The second-order valence-corrected chi connectivity index (χ2v) is 4.81. The molecule has 19 heavy (non-hydrogen) atoms. The van der Waals surface area contributed by atoms with E-state index >= 15 is 0 Å². The van der Waals surface area contributed by atoms with Gasteiger partial charge in [-0.1, -0.05) is 20.8 Å². The van der Waals surface area contributed by atoms with Crippen LogP contribution in [0.25, 0.3) is 0 Å². The molecule has 0 saturated heterocycles. The molecule has 0 fully saturated rings. The van der Waals surface area contributed by atoms with Crippen molar-refractivity contribution in [1.29, 1.82) is 0 Å². The summed E-state index contributed by atoms with van der Waals surface area (Å²) in [5.41, 5.74) is 1.16. The number of H-pyrrole nitrogens is 1. The molecule has 1 heterocycles. The van der Waals surface area contributed by atoms with Gasteiger partial charge in [-0.25, -0.2) is 4.79 Å². The van der Waals surface area contributed by atoms with E-state index in [1.807, 2.05) is 20.8 Å². The Balaban J connectivity index is 2.72. The first-order valence-electron chi connectivity index (χ1n) is 6.40. The lowest BCUT2D eigenvalue weighted by Gasteiger charge is -2.17. The Bertz CT molecular complexity index is 440. The van der Waals surface area contributed by atoms with Crippen LogP contribution in [0.2, 0.25) is 0 Å². The van der Waals surface area contributed by atoms with Crippen LogP contribution in [-0.2, 0) is 16.0 Å². The number of ether oxygens (including phenoxy) is 1. The van der Waals surface area contributed by atoms with E-state index in [2.05, 4.69) is 15.5 Å². The number of nitrogens with one attached hydrogen (secondary N) is 2. The molecule has 0 bridgehead atoms. The zero-order valence-corrected chi connectivity index (χ0v) is 11.8. The Labute approximate surface area is 112 Å². The van der Waals surface area contributed by atoms with E-state index in [1.165, 1.54) is 7.11 Å². The molecule has 1 unspecified atom stereocenters. The van der Waals surface area contributed by atoms with Gasteiger partial charge in [0.15, 0.2) is 0 Å². The number of aryl methyl sites for hydroxylation is 1. The van der Waals surface area contributed by atoms with Gasteiger partial charge in [-0.05, 0) is 24.8 Å². The number of esters is 1. The van der Waals surface area contributed by atoms with Crippen LogP contribution in [0.4, 0.5) is 0 Å². The van der Waals surface area contributed by atoms with Crippen LogP contribution in [0.15, 0.2) is 6.07 Å². The molecule has 6 nitrogen and oxygen atoms in total. The Morgan fingerprint density at radius 2 is 2.16 bits per heavy atom. The number of hydrogen-bond donors (Lipinski definition) is 2. The lowest BCUT2D eigenvalue weighted by molar-refractivity contribution is -0.143. The molecule has 6 heteroatoms. The number of aromatic nitrogens is 2. The van der Waals surface area contributed by atoms with Crippen molar-refractivity contribution in [3.8, 4) is 0 Å². The highest BCUT2D eigenvalue weighted by Gasteiger charge is 2.24. The summed E-state index contributed by atoms with van der Waals surface area (Å²) in [5.74, 6) is -0.532. The first-order valence-corrected chi connectivity index (χ1v) is 6.40. The van der Waals surface area contributed by atoms with Crippen molar-refractivity contribution in [3.05, 3.63) is 17.5 Å². The minimum Gasteiger partial charge on any atom is -0.467 e. The summed E-state index contributed by atoms with van der Waals surface area (Å²) >= 11 is 0. The molecule has 0 saturated carbocycles. The van der Waals surface area contributed by atoms with Crippen molar-refractivity contribution in [3.63, 3.8) is 0 Å². The van der Waals surface area contributed by atoms with Gasteiger partial charge in [0.1, 0.15) is 11.7 Å². The van der Waals surface area contributed by atoms with Crippen molar-refractivity contribution in [2.75, 3.05) is 7.11 Å². The quantitative estimate of drug-likeness (QED) is 0.761. The average molecular weight is 267 g/mol. The number of methoxy groups -OCH3 is 1. The van der Waals surface area contributed by atoms with Crippen LogP contribution in [0.1, 0.15) is 43.4 Å². The largest absolute Gasteiger partial charge is 0.467 e. The third-order valence-corrected chi connectivity index (χ3v) is 2.74. The van der Waals surface area contributed by atoms with Crippen molar-refractivity contribution >= 4 is 11.9 Å². The first kappa shape index (κ1) is 15.2. The van der Waals surface area contributed by atoms with Gasteiger partial charge in [0.25, 0.3) is 5.91 Å². The van der Waals surface area contributed by atoms with Crippen LogP contribution in [0.5, 0.6) is 0 Å². The van der Waals surface area contributed by atoms with Crippen molar-refractivity contribution in [1.82, 2.24) is 15.5 Å². The lowest BCUT2D eigenvalue weighted by Crippen LogP contribution is -2.42. The maximum atomic E-state index is 12.0. The molecule has 1 aromatic rings. The summed E-state index contributed by atoms with van der Waals surface area (Å²) in [7, 11) is 1.31. The van der Waals surface area contributed by atoms with E-state index in [4.69, 9.17) is 4.74 Å². The number of amides is 1. The normalized spacial score (nSPS) is 12.3. The topological polar surface area (TPSA) is 84.1 Å². The van der Waals surface area contributed by atoms with Gasteiger partial charge in [-0.3, -0.25) is 9.89 Å². The molecule has 0 aliphatic heterocycles. The fourth-order valence-corrected chi connectivity index (χ4v) is 1.72. The molecule has 1 rings (SSSR count). The Kier molecular flexibility index (Phi) is 5.54. The van der Waals surface area contributed by atoms with Gasteiger partial charge in [-0.15, -0.1) is 0 Å². The van der Waals surface area contributed by atoms with Gasteiger partial charge < -0.3 is 10.1 Å². The smallest absolute Gasteiger partial charge is 0.328 e. The minimum absolute atomic E-state index is 0.273. The van der Waals surface area contributed by atoms with E-state index in [-0.39, 0.29) is 17.5 Å². The Morgan fingerprint density at radius 3 is 2.63 bits per heavy atom. The van der Waals surface area contributed by atoms with Gasteiger partial charge >= 0.3 is 5.97 Å². The van der Waals surface area contributed by atoms with Gasteiger partial charge in [0.2, 0.25) is 0 Å². The van der Waals surface area contributed by atoms with E-state index in [0.29, 0.717) is 6.42 Å².